The number of aliphatic imine (C=N–C) groups is 1. The summed E-state index contributed by atoms with van der Waals surface area (Å²) in [7, 11) is 4.06. The van der Waals surface area contributed by atoms with Gasteiger partial charge in [-0.25, -0.2) is 0 Å². The van der Waals surface area contributed by atoms with E-state index in [4.69, 9.17) is 4.74 Å². The van der Waals surface area contributed by atoms with Crippen LogP contribution in [0.25, 0.3) is 0 Å². The van der Waals surface area contributed by atoms with Crippen LogP contribution in [0.1, 0.15) is 32.1 Å². The first-order valence-electron chi connectivity index (χ1n) is 9.56. The largest absolute Gasteiger partial charge is 0.381 e. The fraction of sp³-hybridized carbons (Fsp3) is 0.944. The topological polar surface area (TPSA) is 40.1 Å². The van der Waals surface area contributed by atoms with Crippen molar-refractivity contribution < 1.29 is 4.74 Å². The Balaban J connectivity index is 0.00000225. The van der Waals surface area contributed by atoms with Gasteiger partial charge in [-0.2, -0.15) is 11.8 Å². The third kappa shape index (κ3) is 5.62. The fourth-order valence-corrected chi connectivity index (χ4v) is 5.41. The number of nitrogens with one attached hydrogen (secondary N) is 1. The molecule has 2 saturated heterocycles. The predicted molar refractivity (Wildman–Crippen MR) is 118 cm³/mol. The van der Waals surface area contributed by atoms with Crippen molar-refractivity contribution in [1.29, 1.82) is 0 Å². The smallest absolute Gasteiger partial charge is 0.193 e. The maximum Gasteiger partial charge on any atom is 0.193 e. The molecule has 1 aliphatic carbocycles. The van der Waals surface area contributed by atoms with Crippen LogP contribution in [-0.4, -0.2) is 86.3 Å². The van der Waals surface area contributed by atoms with Gasteiger partial charge in [-0.15, -0.1) is 24.0 Å². The standard InChI is InChI=1S/C18H34N4OS.HI/c1-19-17(21(2)13-16-5-10-23-14-16)20-15-18(6-3-4-7-18)22-8-11-24-12-9-22;/h16H,3-15H2,1-2H3,(H,19,20);1H. The van der Waals surface area contributed by atoms with Crippen molar-refractivity contribution in [2.75, 3.05) is 65.0 Å². The molecule has 1 atom stereocenters. The van der Waals surface area contributed by atoms with Gasteiger partial charge in [-0.1, -0.05) is 12.8 Å². The second kappa shape index (κ2) is 10.6. The first-order valence-corrected chi connectivity index (χ1v) is 10.7. The van der Waals surface area contributed by atoms with Gasteiger partial charge in [0.05, 0.1) is 6.61 Å². The van der Waals surface area contributed by atoms with Crippen LogP contribution >= 0.6 is 35.7 Å². The summed E-state index contributed by atoms with van der Waals surface area (Å²) in [4.78, 5) is 9.59. The Morgan fingerprint density at radius 3 is 2.64 bits per heavy atom. The van der Waals surface area contributed by atoms with Gasteiger partial charge < -0.3 is 15.0 Å². The van der Waals surface area contributed by atoms with Gasteiger partial charge in [-0.3, -0.25) is 9.89 Å². The quantitative estimate of drug-likeness (QED) is 0.371. The van der Waals surface area contributed by atoms with Crippen LogP contribution < -0.4 is 5.32 Å². The highest BCUT2D eigenvalue weighted by Crippen LogP contribution is 2.36. The van der Waals surface area contributed by atoms with E-state index in [1.54, 1.807) is 0 Å². The van der Waals surface area contributed by atoms with Crippen LogP contribution in [0.2, 0.25) is 0 Å². The maximum absolute atomic E-state index is 5.51. The van der Waals surface area contributed by atoms with Crippen LogP contribution in [0.4, 0.5) is 0 Å². The fourth-order valence-electron chi connectivity index (χ4n) is 4.51. The van der Waals surface area contributed by atoms with Crippen molar-refractivity contribution in [3.05, 3.63) is 0 Å². The van der Waals surface area contributed by atoms with E-state index >= 15 is 0 Å². The molecule has 2 heterocycles. The monoisotopic (exact) mass is 482 g/mol. The molecule has 3 rings (SSSR count). The van der Waals surface area contributed by atoms with E-state index < -0.39 is 0 Å². The minimum atomic E-state index is 0. The van der Waals surface area contributed by atoms with Crippen molar-refractivity contribution in [2.24, 2.45) is 10.9 Å². The molecule has 0 aromatic rings. The molecule has 7 heteroatoms. The molecule has 1 unspecified atom stereocenters. The zero-order chi connectivity index (χ0) is 16.8. The summed E-state index contributed by atoms with van der Waals surface area (Å²) < 4.78 is 5.51. The molecule has 5 nitrogen and oxygen atoms in total. The number of hydrogen-bond acceptors (Lipinski definition) is 4. The normalized spacial score (nSPS) is 27.1. The van der Waals surface area contributed by atoms with Crippen LogP contribution in [-0.2, 0) is 4.74 Å². The Kier molecular flexibility index (Phi) is 9.11. The minimum absolute atomic E-state index is 0. The Labute approximate surface area is 174 Å². The summed E-state index contributed by atoms with van der Waals surface area (Å²) in [5.74, 6) is 4.27. The Morgan fingerprint density at radius 1 is 1.32 bits per heavy atom. The van der Waals surface area contributed by atoms with Crippen LogP contribution in [0.15, 0.2) is 4.99 Å². The molecule has 3 fully saturated rings. The number of halogens is 1. The van der Waals surface area contributed by atoms with Crippen molar-refractivity contribution >= 4 is 41.7 Å². The Hall–Kier alpha value is 0.270. The van der Waals surface area contributed by atoms with Crippen LogP contribution in [0.3, 0.4) is 0 Å². The number of ether oxygens (including phenoxy) is 1. The Bertz CT molecular complexity index is 419. The summed E-state index contributed by atoms with van der Waals surface area (Å²) in [6.07, 6.45) is 6.60. The van der Waals surface area contributed by atoms with Gasteiger partial charge in [0.2, 0.25) is 0 Å². The summed E-state index contributed by atoms with van der Waals surface area (Å²) >= 11 is 2.10. The first-order chi connectivity index (χ1) is 11.7. The van der Waals surface area contributed by atoms with E-state index in [0.29, 0.717) is 11.5 Å². The lowest BCUT2D eigenvalue weighted by molar-refractivity contribution is 0.106. The molecule has 1 N–H and O–H groups in total. The Morgan fingerprint density at radius 2 is 2.04 bits per heavy atom. The SMILES string of the molecule is CN=C(NCC1(N2CCSCC2)CCCC1)N(C)CC1CCOC1.I. The second-order valence-electron chi connectivity index (χ2n) is 7.54. The molecule has 0 spiro atoms. The van der Waals surface area contributed by atoms with Crippen molar-refractivity contribution in [3.63, 3.8) is 0 Å². The predicted octanol–water partition coefficient (Wildman–Crippen LogP) is 2.51. The van der Waals surface area contributed by atoms with Gasteiger partial charge >= 0.3 is 0 Å². The summed E-state index contributed by atoms with van der Waals surface area (Å²) in [5, 5.41) is 3.71. The molecule has 3 aliphatic rings. The molecule has 0 radical (unpaired) electrons. The molecule has 2 aliphatic heterocycles. The van der Waals surface area contributed by atoms with Gasteiger partial charge in [0.15, 0.2) is 5.96 Å². The molecule has 0 amide bonds. The van der Waals surface area contributed by atoms with E-state index in [1.807, 2.05) is 7.05 Å². The molecule has 0 aromatic carbocycles. The highest BCUT2D eigenvalue weighted by atomic mass is 127. The van der Waals surface area contributed by atoms with Crippen molar-refractivity contribution in [2.45, 2.75) is 37.6 Å². The zero-order valence-corrected chi connectivity index (χ0v) is 19.0. The summed E-state index contributed by atoms with van der Waals surface area (Å²) in [6, 6.07) is 0. The number of thioether (sulfide) groups is 1. The van der Waals surface area contributed by atoms with E-state index in [-0.39, 0.29) is 24.0 Å². The summed E-state index contributed by atoms with van der Waals surface area (Å²) in [5.41, 5.74) is 0.355. The molecule has 0 aromatic heterocycles. The van der Waals surface area contributed by atoms with Crippen molar-refractivity contribution in [1.82, 2.24) is 15.1 Å². The first kappa shape index (κ1) is 21.6. The lowest BCUT2D eigenvalue weighted by Gasteiger charge is -2.44. The highest BCUT2D eigenvalue weighted by Gasteiger charge is 2.40. The molecular formula is C18H35IN4OS. The van der Waals surface area contributed by atoms with E-state index in [1.165, 1.54) is 56.7 Å². The summed E-state index contributed by atoms with van der Waals surface area (Å²) in [6.45, 7) is 6.39. The molecule has 146 valence electrons. The zero-order valence-electron chi connectivity index (χ0n) is 15.8. The third-order valence-corrected chi connectivity index (χ3v) is 6.86. The molecule has 1 saturated carbocycles. The van der Waals surface area contributed by atoms with Gasteiger partial charge in [-0.05, 0) is 19.3 Å². The molecule has 0 bridgehead atoms. The average molecular weight is 482 g/mol. The van der Waals surface area contributed by atoms with E-state index in [0.717, 1.165) is 32.3 Å². The van der Waals surface area contributed by atoms with Crippen molar-refractivity contribution in [3.8, 4) is 0 Å². The van der Waals surface area contributed by atoms with E-state index in [2.05, 4.69) is 38.9 Å². The number of rotatable bonds is 5. The highest BCUT2D eigenvalue weighted by molar-refractivity contribution is 14.0. The number of hydrogen-bond donors (Lipinski definition) is 1. The maximum atomic E-state index is 5.51. The average Bonchev–Trinajstić information content (AvgIpc) is 3.29. The van der Waals surface area contributed by atoms with Crippen LogP contribution in [0.5, 0.6) is 0 Å². The lowest BCUT2D eigenvalue weighted by atomic mass is 9.94. The molecule has 25 heavy (non-hydrogen) atoms. The van der Waals surface area contributed by atoms with Gasteiger partial charge in [0.1, 0.15) is 0 Å². The second-order valence-corrected chi connectivity index (χ2v) is 8.77. The third-order valence-electron chi connectivity index (χ3n) is 5.92. The lowest BCUT2D eigenvalue weighted by Crippen LogP contribution is -2.57. The molecular weight excluding hydrogens is 447 g/mol. The minimum Gasteiger partial charge on any atom is -0.381 e. The number of guanidine groups is 1. The van der Waals surface area contributed by atoms with Gasteiger partial charge in [0, 0.05) is 69.8 Å². The van der Waals surface area contributed by atoms with Crippen LogP contribution in [0, 0.1) is 5.92 Å². The van der Waals surface area contributed by atoms with Gasteiger partial charge in [0.25, 0.3) is 0 Å². The number of nitrogens with zero attached hydrogens (tertiary/aromatic N) is 3. The van der Waals surface area contributed by atoms with E-state index in [9.17, 15) is 0 Å².